The molecule has 3 unspecified atom stereocenters. The zero-order valence-corrected chi connectivity index (χ0v) is 10.8. The number of para-hydroxylation sites is 1. The van der Waals surface area contributed by atoms with E-state index in [0.717, 1.165) is 36.5 Å². The van der Waals surface area contributed by atoms with Crippen LogP contribution >= 0.6 is 0 Å². The number of carboxylic acid groups (broad SMARTS) is 1. The molecule has 0 aromatic heterocycles. The highest BCUT2D eigenvalue weighted by atomic mass is 16.5. The normalized spacial score (nSPS) is 28.8. The van der Waals surface area contributed by atoms with Crippen LogP contribution in [0.4, 0.5) is 5.69 Å². The van der Waals surface area contributed by atoms with Crippen molar-refractivity contribution in [1.29, 1.82) is 0 Å². The third-order valence-corrected chi connectivity index (χ3v) is 4.17. The van der Waals surface area contributed by atoms with E-state index in [1.165, 1.54) is 0 Å². The largest absolute Gasteiger partial charge is 0.495 e. The van der Waals surface area contributed by atoms with Crippen molar-refractivity contribution in [3.8, 4) is 5.75 Å². The van der Waals surface area contributed by atoms with E-state index in [1.807, 2.05) is 18.2 Å². The molecule has 0 radical (unpaired) electrons. The van der Waals surface area contributed by atoms with Gasteiger partial charge in [-0.25, -0.2) is 0 Å². The van der Waals surface area contributed by atoms with Gasteiger partial charge in [0, 0.05) is 18.5 Å². The number of aliphatic carboxylic acids is 1. The first-order chi connectivity index (χ1) is 9.22. The SMILES string of the molecule is COc1cccc2c1NC1CCNCC1C2C(=O)O. The smallest absolute Gasteiger partial charge is 0.311 e. The van der Waals surface area contributed by atoms with Crippen molar-refractivity contribution in [3.63, 3.8) is 0 Å². The second-order valence-corrected chi connectivity index (χ2v) is 5.15. The van der Waals surface area contributed by atoms with Crippen LogP contribution in [0.1, 0.15) is 17.9 Å². The highest BCUT2D eigenvalue weighted by molar-refractivity contribution is 5.82. The molecule has 5 heteroatoms. The number of piperidine rings is 1. The van der Waals surface area contributed by atoms with Gasteiger partial charge in [-0.2, -0.15) is 0 Å². The Balaban J connectivity index is 2.09. The van der Waals surface area contributed by atoms with E-state index in [2.05, 4.69) is 10.6 Å². The van der Waals surface area contributed by atoms with Crippen LogP contribution in [0.5, 0.6) is 5.75 Å². The fourth-order valence-electron chi connectivity index (χ4n) is 3.28. The molecule has 5 nitrogen and oxygen atoms in total. The summed E-state index contributed by atoms with van der Waals surface area (Å²) in [5.41, 5.74) is 1.68. The predicted molar refractivity (Wildman–Crippen MR) is 71.8 cm³/mol. The number of ether oxygens (including phenoxy) is 1. The summed E-state index contributed by atoms with van der Waals surface area (Å²) >= 11 is 0. The van der Waals surface area contributed by atoms with Crippen molar-refractivity contribution in [1.82, 2.24) is 5.32 Å². The van der Waals surface area contributed by atoms with E-state index in [4.69, 9.17) is 4.74 Å². The summed E-state index contributed by atoms with van der Waals surface area (Å²) in [6.45, 7) is 1.66. The summed E-state index contributed by atoms with van der Waals surface area (Å²) in [7, 11) is 1.61. The van der Waals surface area contributed by atoms with E-state index in [0.29, 0.717) is 0 Å². The number of methoxy groups -OCH3 is 1. The number of carbonyl (C=O) groups is 1. The van der Waals surface area contributed by atoms with Gasteiger partial charge in [0.2, 0.25) is 0 Å². The number of anilines is 1. The third kappa shape index (κ3) is 1.94. The summed E-state index contributed by atoms with van der Waals surface area (Å²) in [6, 6.07) is 5.80. The molecule has 1 saturated heterocycles. The van der Waals surface area contributed by atoms with Crippen LogP contribution in [0.3, 0.4) is 0 Å². The lowest BCUT2D eigenvalue weighted by atomic mass is 9.75. The van der Waals surface area contributed by atoms with Crippen molar-refractivity contribution in [2.45, 2.75) is 18.4 Å². The zero-order chi connectivity index (χ0) is 13.4. The molecule has 1 fully saturated rings. The third-order valence-electron chi connectivity index (χ3n) is 4.17. The van der Waals surface area contributed by atoms with Crippen LogP contribution in [0.25, 0.3) is 0 Å². The fourth-order valence-corrected chi connectivity index (χ4v) is 3.28. The zero-order valence-electron chi connectivity index (χ0n) is 10.8. The number of benzene rings is 1. The van der Waals surface area contributed by atoms with Crippen molar-refractivity contribution in [2.24, 2.45) is 5.92 Å². The minimum atomic E-state index is -0.755. The van der Waals surface area contributed by atoms with E-state index in [-0.39, 0.29) is 12.0 Å². The Hall–Kier alpha value is -1.75. The second-order valence-electron chi connectivity index (χ2n) is 5.15. The van der Waals surface area contributed by atoms with Gasteiger partial charge in [0.05, 0.1) is 18.7 Å². The summed E-state index contributed by atoms with van der Waals surface area (Å²) in [5.74, 6) is -0.412. The number of hydrogen-bond acceptors (Lipinski definition) is 4. The molecule has 0 spiro atoms. The fraction of sp³-hybridized carbons (Fsp3) is 0.500. The first kappa shape index (κ1) is 12.3. The molecule has 2 aliphatic heterocycles. The Morgan fingerprint density at radius 2 is 2.32 bits per heavy atom. The first-order valence-electron chi connectivity index (χ1n) is 6.59. The first-order valence-corrected chi connectivity index (χ1v) is 6.59. The van der Waals surface area contributed by atoms with E-state index in [1.54, 1.807) is 7.11 Å². The monoisotopic (exact) mass is 262 g/mol. The number of fused-ring (bicyclic) bond motifs is 2. The molecule has 19 heavy (non-hydrogen) atoms. The van der Waals surface area contributed by atoms with Crippen LogP contribution in [0, 0.1) is 5.92 Å². The molecule has 0 saturated carbocycles. The minimum absolute atomic E-state index is 0.0888. The predicted octanol–water partition coefficient (Wildman–Crippen LogP) is 1.27. The molecular weight excluding hydrogens is 244 g/mol. The Labute approximate surface area is 112 Å². The average molecular weight is 262 g/mol. The molecule has 0 aliphatic carbocycles. The van der Waals surface area contributed by atoms with Gasteiger partial charge < -0.3 is 20.5 Å². The molecule has 0 amide bonds. The number of carboxylic acids is 1. The maximum atomic E-state index is 11.7. The van der Waals surface area contributed by atoms with Gasteiger partial charge in [-0.15, -0.1) is 0 Å². The maximum absolute atomic E-state index is 11.7. The number of hydrogen-bond donors (Lipinski definition) is 3. The lowest BCUT2D eigenvalue weighted by Crippen LogP contribution is -2.50. The molecule has 102 valence electrons. The topological polar surface area (TPSA) is 70.6 Å². The molecule has 2 aliphatic rings. The van der Waals surface area contributed by atoms with Crippen LogP contribution in [-0.2, 0) is 4.79 Å². The van der Waals surface area contributed by atoms with E-state index < -0.39 is 11.9 Å². The van der Waals surface area contributed by atoms with Crippen molar-refractivity contribution in [2.75, 3.05) is 25.5 Å². The molecule has 3 N–H and O–H groups in total. The van der Waals surface area contributed by atoms with Crippen LogP contribution in [0.15, 0.2) is 18.2 Å². The molecular formula is C14H18N2O3. The Morgan fingerprint density at radius 1 is 1.47 bits per heavy atom. The second kappa shape index (κ2) is 4.74. The Morgan fingerprint density at radius 3 is 3.05 bits per heavy atom. The number of rotatable bonds is 2. The van der Waals surface area contributed by atoms with Crippen LogP contribution in [-0.4, -0.2) is 37.3 Å². The van der Waals surface area contributed by atoms with Crippen molar-refractivity contribution >= 4 is 11.7 Å². The van der Waals surface area contributed by atoms with Gasteiger partial charge in [-0.05, 0) is 24.6 Å². The van der Waals surface area contributed by atoms with Crippen LogP contribution < -0.4 is 15.4 Å². The molecule has 1 aromatic carbocycles. The minimum Gasteiger partial charge on any atom is -0.495 e. The molecule has 0 bridgehead atoms. The van der Waals surface area contributed by atoms with Crippen LogP contribution in [0.2, 0.25) is 0 Å². The number of nitrogens with one attached hydrogen (secondary N) is 2. The molecule has 3 atom stereocenters. The highest BCUT2D eigenvalue weighted by Crippen LogP contribution is 2.44. The summed E-state index contributed by atoms with van der Waals surface area (Å²) in [6.07, 6.45) is 0.936. The van der Waals surface area contributed by atoms with Gasteiger partial charge in [0.15, 0.2) is 0 Å². The van der Waals surface area contributed by atoms with Gasteiger partial charge >= 0.3 is 5.97 Å². The van der Waals surface area contributed by atoms with Crippen molar-refractivity contribution < 1.29 is 14.6 Å². The van der Waals surface area contributed by atoms with Gasteiger partial charge in [-0.3, -0.25) is 4.79 Å². The molecule has 2 heterocycles. The van der Waals surface area contributed by atoms with Crippen molar-refractivity contribution in [3.05, 3.63) is 23.8 Å². The summed E-state index contributed by atoms with van der Waals surface area (Å²) in [5, 5.41) is 16.4. The highest BCUT2D eigenvalue weighted by Gasteiger charge is 2.42. The summed E-state index contributed by atoms with van der Waals surface area (Å²) in [4.78, 5) is 11.7. The maximum Gasteiger partial charge on any atom is 0.311 e. The molecule has 3 rings (SSSR count). The van der Waals surface area contributed by atoms with E-state index in [9.17, 15) is 9.90 Å². The molecule has 1 aromatic rings. The lowest BCUT2D eigenvalue weighted by Gasteiger charge is -2.42. The lowest BCUT2D eigenvalue weighted by molar-refractivity contribution is -0.140. The van der Waals surface area contributed by atoms with E-state index >= 15 is 0 Å². The summed E-state index contributed by atoms with van der Waals surface area (Å²) < 4.78 is 5.35. The van der Waals surface area contributed by atoms with Gasteiger partial charge in [0.1, 0.15) is 5.75 Å². The standard InChI is InChI=1S/C14H18N2O3/c1-19-11-4-2-3-8-12(14(17)18)9-7-15-6-5-10(9)16-13(8)11/h2-4,9-10,12,15-16H,5-7H2,1H3,(H,17,18). The van der Waals surface area contributed by atoms with Gasteiger partial charge in [0.25, 0.3) is 0 Å². The Bertz CT molecular complexity index is 503. The Kier molecular flexibility index (Phi) is 3.06. The average Bonchev–Trinajstić information content (AvgIpc) is 2.43. The quantitative estimate of drug-likeness (QED) is 0.748. The van der Waals surface area contributed by atoms with Gasteiger partial charge in [-0.1, -0.05) is 12.1 Å².